The number of hydrogen-bond donors (Lipinski definition) is 0. The van der Waals surface area contributed by atoms with Gasteiger partial charge in [0.1, 0.15) is 5.75 Å². The second-order valence-electron chi connectivity index (χ2n) is 9.12. The molecule has 186 valence electrons. The quantitative estimate of drug-likeness (QED) is 0.244. The Hall–Kier alpha value is -3.06. The summed E-state index contributed by atoms with van der Waals surface area (Å²) in [6.07, 6.45) is 7.29. The minimum absolute atomic E-state index is 0.0676. The molecule has 1 saturated heterocycles. The molecular formula is C30H32N2O3S. The molecule has 1 aliphatic heterocycles. The molecule has 0 radical (unpaired) electrons. The zero-order chi connectivity index (χ0) is 24.6. The highest BCUT2D eigenvalue weighted by molar-refractivity contribution is 7.98. The maximum atomic E-state index is 6.59. The van der Waals surface area contributed by atoms with Crippen LogP contribution in [0.25, 0.3) is 11.1 Å². The summed E-state index contributed by atoms with van der Waals surface area (Å²) in [5, 5.41) is 0. The molecule has 0 amide bonds. The lowest BCUT2D eigenvalue weighted by molar-refractivity contribution is -0.180. The molecule has 0 bridgehead atoms. The Morgan fingerprint density at radius 3 is 2.44 bits per heavy atom. The van der Waals surface area contributed by atoms with Crippen LogP contribution in [0.2, 0.25) is 0 Å². The summed E-state index contributed by atoms with van der Waals surface area (Å²) in [6, 6.07) is 27.6. The fraction of sp³-hybridized carbons (Fsp3) is 0.300. The van der Waals surface area contributed by atoms with Crippen molar-refractivity contribution in [2.24, 2.45) is 0 Å². The van der Waals surface area contributed by atoms with Gasteiger partial charge in [0.2, 0.25) is 0 Å². The summed E-state index contributed by atoms with van der Waals surface area (Å²) in [5.74, 6) is 2.07. The Morgan fingerprint density at radius 2 is 1.72 bits per heavy atom. The minimum atomic E-state index is -0.650. The molecule has 1 aromatic heterocycles. The van der Waals surface area contributed by atoms with Crippen molar-refractivity contribution in [1.29, 1.82) is 0 Å². The molecule has 0 N–H and O–H groups in total. The van der Waals surface area contributed by atoms with Crippen LogP contribution < -0.4 is 4.74 Å². The highest BCUT2D eigenvalue weighted by Gasteiger charge is 2.41. The third-order valence-corrected chi connectivity index (χ3v) is 7.63. The highest BCUT2D eigenvalue weighted by Crippen LogP contribution is 2.33. The molecule has 36 heavy (non-hydrogen) atoms. The molecule has 0 aliphatic carbocycles. The monoisotopic (exact) mass is 500 g/mol. The van der Waals surface area contributed by atoms with Crippen LogP contribution in [0.5, 0.6) is 5.75 Å². The van der Waals surface area contributed by atoms with Gasteiger partial charge in [-0.1, -0.05) is 66.7 Å². The van der Waals surface area contributed by atoms with Crippen LogP contribution in [0.15, 0.2) is 97.6 Å². The maximum Gasteiger partial charge on any atom is 0.187 e. The molecule has 2 heterocycles. The minimum Gasteiger partial charge on any atom is -0.497 e. The Balaban J connectivity index is 1.16. The van der Waals surface area contributed by atoms with Gasteiger partial charge < -0.3 is 18.8 Å². The standard InChI is InChI=1S/C30H32N2O3S/c1-33-28-13-9-24(10-14-28)15-16-30(22-32-18-17-31-23-32)34-19-29(35-30)21-36-20-25-7-11-27(12-8-25)26-5-3-2-4-6-26/h2-14,17-18,23,29H,15-16,19-22H2,1H3. The van der Waals surface area contributed by atoms with Gasteiger partial charge in [-0.3, -0.25) is 0 Å². The van der Waals surface area contributed by atoms with E-state index in [-0.39, 0.29) is 6.10 Å². The van der Waals surface area contributed by atoms with Crippen LogP contribution >= 0.6 is 11.8 Å². The first-order valence-corrected chi connectivity index (χ1v) is 13.5. The van der Waals surface area contributed by atoms with Gasteiger partial charge in [0.25, 0.3) is 0 Å². The Bertz CT molecular complexity index is 1200. The maximum absolute atomic E-state index is 6.59. The van der Waals surface area contributed by atoms with Gasteiger partial charge in [-0.05, 0) is 40.8 Å². The van der Waals surface area contributed by atoms with E-state index in [1.165, 1.54) is 22.3 Å². The first kappa shape index (κ1) is 24.6. The molecule has 5 nitrogen and oxygen atoms in total. The van der Waals surface area contributed by atoms with E-state index < -0.39 is 5.79 Å². The number of rotatable bonds is 11. The van der Waals surface area contributed by atoms with Gasteiger partial charge in [0.05, 0.1) is 32.7 Å². The summed E-state index contributed by atoms with van der Waals surface area (Å²) in [6.45, 7) is 1.24. The Morgan fingerprint density at radius 1 is 0.972 bits per heavy atom. The normalized spacial score (nSPS) is 19.4. The van der Waals surface area contributed by atoms with E-state index in [9.17, 15) is 0 Å². The van der Waals surface area contributed by atoms with E-state index in [0.29, 0.717) is 13.2 Å². The predicted molar refractivity (Wildman–Crippen MR) is 145 cm³/mol. The van der Waals surface area contributed by atoms with Gasteiger partial charge in [0.15, 0.2) is 5.79 Å². The Kier molecular flexibility index (Phi) is 8.06. The van der Waals surface area contributed by atoms with Crippen molar-refractivity contribution >= 4 is 11.8 Å². The number of aryl methyl sites for hydroxylation is 1. The molecule has 2 atom stereocenters. The largest absolute Gasteiger partial charge is 0.497 e. The fourth-order valence-corrected chi connectivity index (χ4v) is 5.48. The molecule has 5 rings (SSSR count). The van der Waals surface area contributed by atoms with E-state index in [4.69, 9.17) is 14.2 Å². The summed E-state index contributed by atoms with van der Waals surface area (Å²) >= 11 is 1.89. The molecule has 3 aromatic carbocycles. The predicted octanol–water partition coefficient (Wildman–Crippen LogP) is 6.24. The lowest BCUT2D eigenvalue weighted by atomic mass is 10.0. The zero-order valence-electron chi connectivity index (χ0n) is 20.6. The van der Waals surface area contributed by atoms with Crippen molar-refractivity contribution in [2.75, 3.05) is 19.5 Å². The van der Waals surface area contributed by atoms with Crippen molar-refractivity contribution in [2.45, 2.75) is 37.0 Å². The van der Waals surface area contributed by atoms with E-state index in [1.807, 2.05) is 47.1 Å². The number of hydrogen-bond acceptors (Lipinski definition) is 5. The summed E-state index contributed by atoms with van der Waals surface area (Å²) in [7, 11) is 1.69. The molecule has 0 spiro atoms. The number of nitrogens with zero attached hydrogens (tertiary/aromatic N) is 2. The number of thioether (sulfide) groups is 1. The van der Waals surface area contributed by atoms with Crippen LogP contribution in [0.3, 0.4) is 0 Å². The van der Waals surface area contributed by atoms with E-state index in [0.717, 1.165) is 30.1 Å². The number of methoxy groups -OCH3 is 1. The average Bonchev–Trinajstić information content (AvgIpc) is 3.59. The van der Waals surface area contributed by atoms with Crippen LogP contribution in [0, 0.1) is 0 Å². The molecule has 1 fully saturated rings. The van der Waals surface area contributed by atoms with E-state index in [1.54, 1.807) is 13.3 Å². The summed E-state index contributed by atoms with van der Waals surface area (Å²) < 4.78 is 20.3. The topological polar surface area (TPSA) is 45.5 Å². The van der Waals surface area contributed by atoms with Crippen molar-refractivity contribution in [3.8, 4) is 16.9 Å². The summed E-state index contributed by atoms with van der Waals surface area (Å²) in [5.41, 5.74) is 5.06. The van der Waals surface area contributed by atoms with Gasteiger partial charge in [-0.15, -0.1) is 0 Å². The van der Waals surface area contributed by atoms with Crippen molar-refractivity contribution in [3.63, 3.8) is 0 Å². The van der Waals surface area contributed by atoms with Gasteiger partial charge >= 0.3 is 0 Å². The van der Waals surface area contributed by atoms with Gasteiger partial charge in [0, 0.05) is 30.3 Å². The molecule has 2 unspecified atom stereocenters. The lowest BCUT2D eigenvalue weighted by Gasteiger charge is -2.28. The lowest BCUT2D eigenvalue weighted by Crippen LogP contribution is -2.37. The number of aromatic nitrogens is 2. The third-order valence-electron chi connectivity index (χ3n) is 6.48. The van der Waals surface area contributed by atoms with E-state index in [2.05, 4.69) is 65.6 Å². The SMILES string of the molecule is COc1ccc(CCC2(Cn3ccnc3)OCC(CSCc3ccc(-c4ccccc4)cc3)O2)cc1. The summed E-state index contributed by atoms with van der Waals surface area (Å²) in [4.78, 5) is 4.19. The fourth-order valence-electron chi connectivity index (χ4n) is 4.51. The molecule has 1 aliphatic rings. The molecule has 6 heteroatoms. The van der Waals surface area contributed by atoms with Crippen molar-refractivity contribution < 1.29 is 14.2 Å². The van der Waals surface area contributed by atoms with Crippen LogP contribution in [0.1, 0.15) is 17.5 Å². The average molecular weight is 501 g/mol. The number of ether oxygens (including phenoxy) is 3. The number of imidazole rings is 1. The second-order valence-corrected chi connectivity index (χ2v) is 10.2. The van der Waals surface area contributed by atoms with Crippen LogP contribution in [-0.4, -0.2) is 40.9 Å². The van der Waals surface area contributed by atoms with Crippen molar-refractivity contribution in [3.05, 3.63) is 109 Å². The van der Waals surface area contributed by atoms with Gasteiger partial charge in [-0.2, -0.15) is 11.8 Å². The molecular weight excluding hydrogens is 468 g/mol. The molecule has 0 saturated carbocycles. The molecule has 4 aromatic rings. The third kappa shape index (κ3) is 6.38. The van der Waals surface area contributed by atoms with E-state index >= 15 is 0 Å². The zero-order valence-corrected chi connectivity index (χ0v) is 21.4. The van der Waals surface area contributed by atoms with Gasteiger partial charge in [-0.25, -0.2) is 4.98 Å². The first-order chi connectivity index (χ1) is 17.7. The second kappa shape index (κ2) is 11.8. The highest BCUT2D eigenvalue weighted by atomic mass is 32.2. The Labute approximate surface area is 217 Å². The first-order valence-electron chi connectivity index (χ1n) is 12.3. The number of benzene rings is 3. The van der Waals surface area contributed by atoms with Crippen molar-refractivity contribution in [1.82, 2.24) is 9.55 Å². The smallest absolute Gasteiger partial charge is 0.187 e. The van der Waals surface area contributed by atoms with Crippen LogP contribution in [-0.2, 0) is 28.2 Å². The van der Waals surface area contributed by atoms with Crippen LogP contribution in [0.4, 0.5) is 0 Å².